The maximum Gasteiger partial charge on any atom is 0.0945 e. The Morgan fingerprint density at radius 2 is 2.33 bits per heavy atom. The fourth-order valence-corrected chi connectivity index (χ4v) is 1.02. The molecule has 0 fully saturated rings. The van der Waals surface area contributed by atoms with Crippen LogP contribution in [-0.2, 0) is 18.2 Å². The van der Waals surface area contributed by atoms with Crippen LogP contribution in [-0.4, -0.2) is 22.3 Å². The zero-order valence-corrected chi connectivity index (χ0v) is 7.95. The third-order valence-corrected chi connectivity index (χ3v) is 1.73. The largest absolute Gasteiger partial charge is 0.378 e. The molecule has 0 radical (unpaired) electrons. The topological polar surface area (TPSA) is 27.1 Å². The average molecular weight is 168 g/mol. The van der Waals surface area contributed by atoms with E-state index in [9.17, 15) is 0 Å². The van der Waals surface area contributed by atoms with Gasteiger partial charge in [-0.05, 0) is 13.8 Å². The SMILES string of the molecule is CC(C)OCCc1cncn1C. The van der Waals surface area contributed by atoms with Gasteiger partial charge in [0.25, 0.3) is 0 Å². The third-order valence-electron chi connectivity index (χ3n) is 1.73. The summed E-state index contributed by atoms with van der Waals surface area (Å²) in [7, 11) is 2.00. The summed E-state index contributed by atoms with van der Waals surface area (Å²) in [5.74, 6) is 0. The molecule has 0 bridgehead atoms. The van der Waals surface area contributed by atoms with Crippen molar-refractivity contribution in [2.45, 2.75) is 26.4 Å². The molecular formula is C9H16N2O. The molecule has 12 heavy (non-hydrogen) atoms. The normalized spacial score (nSPS) is 11.0. The molecule has 0 saturated heterocycles. The van der Waals surface area contributed by atoms with Crippen LogP contribution in [0.25, 0.3) is 0 Å². The van der Waals surface area contributed by atoms with Crippen molar-refractivity contribution >= 4 is 0 Å². The molecule has 0 aliphatic carbocycles. The molecule has 1 aromatic heterocycles. The standard InChI is InChI=1S/C9H16N2O/c1-8(2)12-5-4-9-6-10-7-11(9)3/h6-8H,4-5H2,1-3H3. The minimum absolute atomic E-state index is 0.318. The van der Waals surface area contributed by atoms with Crippen molar-refractivity contribution in [1.29, 1.82) is 0 Å². The number of imidazole rings is 1. The lowest BCUT2D eigenvalue weighted by molar-refractivity contribution is 0.0806. The van der Waals surface area contributed by atoms with Crippen LogP contribution >= 0.6 is 0 Å². The molecule has 3 heteroatoms. The molecule has 1 rings (SSSR count). The van der Waals surface area contributed by atoms with Gasteiger partial charge < -0.3 is 9.30 Å². The predicted molar refractivity (Wildman–Crippen MR) is 48.0 cm³/mol. The maximum absolute atomic E-state index is 5.43. The van der Waals surface area contributed by atoms with Gasteiger partial charge in [0.2, 0.25) is 0 Å². The number of aromatic nitrogens is 2. The lowest BCUT2D eigenvalue weighted by atomic mass is 10.3. The molecule has 0 aliphatic rings. The van der Waals surface area contributed by atoms with Crippen LogP contribution in [0.4, 0.5) is 0 Å². The summed E-state index contributed by atoms with van der Waals surface area (Å²) in [4.78, 5) is 4.03. The predicted octanol–water partition coefficient (Wildman–Crippen LogP) is 1.39. The average Bonchev–Trinajstić information content (AvgIpc) is 2.36. The first kappa shape index (κ1) is 9.26. The zero-order valence-electron chi connectivity index (χ0n) is 7.95. The third kappa shape index (κ3) is 2.66. The van der Waals surface area contributed by atoms with E-state index in [1.807, 2.05) is 38.0 Å². The second kappa shape index (κ2) is 4.26. The zero-order chi connectivity index (χ0) is 8.97. The smallest absolute Gasteiger partial charge is 0.0945 e. The fraction of sp³-hybridized carbons (Fsp3) is 0.667. The van der Waals surface area contributed by atoms with Gasteiger partial charge in [-0.3, -0.25) is 0 Å². The van der Waals surface area contributed by atoms with Crippen molar-refractivity contribution in [2.24, 2.45) is 7.05 Å². The molecule has 68 valence electrons. The van der Waals surface area contributed by atoms with Crippen LogP contribution in [0.5, 0.6) is 0 Å². The number of aryl methyl sites for hydroxylation is 1. The van der Waals surface area contributed by atoms with E-state index >= 15 is 0 Å². The highest BCUT2D eigenvalue weighted by atomic mass is 16.5. The molecule has 0 atom stereocenters. The molecule has 3 nitrogen and oxygen atoms in total. The van der Waals surface area contributed by atoms with Crippen molar-refractivity contribution in [1.82, 2.24) is 9.55 Å². The summed E-state index contributed by atoms with van der Waals surface area (Å²) >= 11 is 0. The number of ether oxygens (including phenoxy) is 1. The Morgan fingerprint density at radius 3 is 2.83 bits per heavy atom. The van der Waals surface area contributed by atoms with Gasteiger partial charge in [-0.2, -0.15) is 0 Å². The molecule has 0 amide bonds. The summed E-state index contributed by atoms with van der Waals surface area (Å²) < 4.78 is 7.45. The number of rotatable bonds is 4. The van der Waals surface area contributed by atoms with E-state index in [1.54, 1.807) is 0 Å². The highest BCUT2D eigenvalue weighted by Gasteiger charge is 1.98. The summed E-state index contributed by atoms with van der Waals surface area (Å²) in [6.07, 6.45) is 4.95. The maximum atomic E-state index is 5.43. The van der Waals surface area contributed by atoms with Gasteiger partial charge in [0.15, 0.2) is 0 Å². The van der Waals surface area contributed by atoms with Gasteiger partial charge in [-0.15, -0.1) is 0 Å². The first-order chi connectivity index (χ1) is 5.70. The molecule has 1 heterocycles. The Bertz CT molecular complexity index is 230. The van der Waals surface area contributed by atoms with Gasteiger partial charge in [0, 0.05) is 25.4 Å². The van der Waals surface area contributed by atoms with Gasteiger partial charge in [0.1, 0.15) is 0 Å². The fourth-order valence-electron chi connectivity index (χ4n) is 1.02. The lowest BCUT2D eigenvalue weighted by Gasteiger charge is -2.06. The van der Waals surface area contributed by atoms with Crippen molar-refractivity contribution < 1.29 is 4.74 Å². The second-order valence-corrected chi connectivity index (χ2v) is 3.17. The van der Waals surface area contributed by atoms with Crippen LogP contribution in [0.2, 0.25) is 0 Å². The summed E-state index contributed by atoms with van der Waals surface area (Å²) in [5, 5.41) is 0. The Labute approximate surface area is 73.4 Å². The highest BCUT2D eigenvalue weighted by molar-refractivity contribution is 4.97. The van der Waals surface area contributed by atoms with E-state index in [-0.39, 0.29) is 0 Å². The minimum Gasteiger partial charge on any atom is -0.378 e. The van der Waals surface area contributed by atoms with E-state index in [0.29, 0.717) is 6.10 Å². The van der Waals surface area contributed by atoms with Crippen molar-refractivity contribution in [3.8, 4) is 0 Å². The number of hydrogen-bond donors (Lipinski definition) is 0. The van der Waals surface area contributed by atoms with Crippen LogP contribution in [0.15, 0.2) is 12.5 Å². The monoisotopic (exact) mass is 168 g/mol. The van der Waals surface area contributed by atoms with Crippen LogP contribution in [0.3, 0.4) is 0 Å². The summed E-state index contributed by atoms with van der Waals surface area (Å²) in [5.41, 5.74) is 1.22. The molecule has 0 aliphatic heterocycles. The minimum atomic E-state index is 0.318. The molecular weight excluding hydrogens is 152 g/mol. The summed E-state index contributed by atoms with van der Waals surface area (Å²) in [6.45, 7) is 4.86. The Hall–Kier alpha value is -0.830. The number of nitrogens with zero attached hydrogens (tertiary/aromatic N) is 2. The van der Waals surface area contributed by atoms with Crippen molar-refractivity contribution in [2.75, 3.05) is 6.61 Å². The molecule has 0 N–H and O–H groups in total. The van der Waals surface area contributed by atoms with E-state index in [1.165, 1.54) is 5.69 Å². The second-order valence-electron chi connectivity index (χ2n) is 3.17. The van der Waals surface area contributed by atoms with Crippen LogP contribution in [0.1, 0.15) is 19.5 Å². The van der Waals surface area contributed by atoms with Gasteiger partial charge in [-0.25, -0.2) is 4.98 Å². The number of hydrogen-bond acceptors (Lipinski definition) is 2. The Balaban J connectivity index is 2.29. The van der Waals surface area contributed by atoms with E-state index < -0.39 is 0 Å². The van der Waals surface area contributed by atoms with E-state index in [0.717, 1.165) is 13.0 Å². The summed E-state index contributed by atoms with van der Waals surface area (Å²) in [6, 6.07) is 0. The van der Waals surface area contributed by atoms with Crippen molar-refractivity contribution in [3.05, 3.63) is 18.2 Å². The Morgan fingerprint density at radius 1 is 1.58 bits per heavy atom. The molecule has 0 aromatic carbocycles. The van der Waals surface area contributed by atoms with Gasteiger partial charge >= 0.3 is 0 Å². The first-order valence-electron chi connectivity index (χ1n) is 4.27. The molecule has 0 unspecified atom stereocenters. The van der Waals surface area contributed by atoms with Crippen LogP contribution < -0.4 is 0 Å². The first-order valence-corrected chi connectivity index (χ1v) is 4.27. The van der Waals surface area contributed by atoms with Gasteiger partial charge in [-0.1, -0.05) is 0 Å². The van der Waals surface area contributed by atoms with Crippen LogP contribution in [0, 0.1) is 0 Å². The highest BCUT2D eigenvalue weighted by Crippen LogP contribution is 1.98. The quantitative estimate of drug-likeness (QED) is 0.679. The molecule has 0 spiro atoms. The van der Waals surface area contributed by atoms with Crippen molar-refractivity contribution in [3.63, 3.8) is 0 Å². The van der Waals surface area contributed by atoms with E-state index in [2.05, 4.69) is 4.98 Å². The lowest BCUT2D eigenvalue weighted by Crippen LogP contribution is -2.07. The van der Waals surface area contributed by atoms with Gasteiger partial charge in [0.05, 0.1) is 19.0 Å². The molecule has 1 aromatic rings. The molecule has 0 saturated carbocycles. The van der Waals surface area contributed by atoms with E-state index in [4.69, 9.17) is 4.74 Å². The Kier molecular flexibility index (Phi) is 3.29.